The van der Waals surface area contributed by atoms with Crippen molar-refractivity contribution < 1.29 is 9.53 Å². The molecule has 82 valence electrons. The van der Waals surface area contributed by atoms with Gasteiger partial charge in [-0.2, -0.15) is 0 Å². The maximum Gasteiger partial charge on any atom is 0.253 e. The van der Waals surface area contributed by atoms with E-state index in [1.807, 2.05) is 0 Å². The van der Waals surface area contributed by atoms with Gasteiger partial charge in [0.05, 0.1) is 10.7 Å². The molecule has 1 aromatic carbocycles. The van der Waals surface area contributed by atoms with Gasteiger partial charge < -0.3 is 15.8 Å². The molecule has 5 heteroatoms. The molecule has 1 rings (SSSR count). The van der Waals surface area contributed by atoms with E-state index in [0.717, 1.165) is 0 Å². The number of methoxy groups -OCH3 is 1. The van der Waals surface area contributed by atoms with Crippen molar-refractivity contribution in [2.24, 2.45) is 0 Å². The average Bonchev–Trinajstić information content (AvgIpc) is 2.22. The smallest absolute Gasteiger partial charge is 0.253 e. The highest BCUT2D eigenvalue weighted by atomic mass is 35.5. The predicted octanol–water partition coefficient (Wildman–Crippen LogP) is 1.90. The fourth-order valence-electron chi connectivity index (χ4n) is 0.980. The predicted molar refractivity (Wildman–Crippen MR) is 61.0 cm³/mol. The number of hydrogen-bond acceptors (Lipinski definition) is 3. The van der Waals surface area contributed by atoms with Crippen LogP contribution in [0.15, 0.2) is 18.2 Å². The summed E-state index contributed by atoms with van der Waals surface area (Å²) < 4.78 is 4.87. The van der Waals surface area contributed by atoms with Crippen LogP contribution < -0.4 is 11.1 Å². The normalized spacial score (nSPS) is 12.2. The van der Waals surface area contributed by atoms with Crippen LogP contribution in [0.2, 0.25) is 5.02 Å². The summed E-state index contributed by atoms with van der Waals surface area (Å²) in [4.78, 5) is 11.5. The van der Waals surface area contributed by atoms with Gasteiger partial charge in [0.2, 0.25) is 0 Å². The summed E-state index contributed by atoms with van der Waals surface area (Å²) in [5, 5.41) is 3.07. The zero-order valence-electron chi connectivity index (χ0n) is 8.58. The van der Waals surface area contributed by atoms with Crippen LogP contribution in [0.4, 0.5) is 11.4 Å². The van der Waals surface area contributed by atoms with Gasteiger partial charge in [-0.05, 0) is 25.1 Å². The summed E-state index contributed by atoms with van der Waals surface area (Å²) in [5.41, 5.74) is 6.60. The summed E-state index contributed by atoms with van der Waals surface area (Å²) in [5.74, 6) is -0.259. The largest absolute Gasteiger partial charge is 0.399 e. The molecule has 0 heterocycles. The monoisotopic (exact) mass is 228 g/mol. The standard InChI is InChI=1S/C10H13ClN2O2/c1-6(15-2)10(14)13-9-5-7(12)3-4-8(9)11/h3-6H,12H2,1-2H3,(H,13,14). The van der Waals surface area contributed by atoms with E-state index in [2.05, 4.69) is 5.32 Å². The Labute approximate surface area is 93.4 Å². The van der Waals surface area contributed by atoms with Gasteiger partial charge in [-0.1, -0.05) is 11.6 Å². The number of nitrogen functional groups attached to an aromatic ring is 1. The number of nitrogens with two attached hydrogens (primary N) is 1. The molecular formula is C10H13ClN2O2. The number of nitrogens with one attached hydrogen (secondary N) is 1. The van der Waals surface area contributed by atoms with Crippen molar-refractivity contribution in [2.45, 2.75) is 13.0 Å². The quantitative estimate of drug-likeness (QED) is 0.777. The van der Waals surface area contributed by atoms with Crippen molar-refractivity contribution in [3.05, 3.63) is 23.2 Å². The summed E-state index contributed by atoms with van der Waals surface area (Å²) in [7, 11) is 1.46. The first kappa shape index (κ1) is 11.8. The molecule has 0 fully saturated rings. The van der Waals surface area contributed by atoms with Gasteiger partial charge in [0.25, 0.3) is 5.91 Å². The Kier molecular flexibility index (Phi) is 3.94. The molecule has 1 atom stereocenters. The molecule has 3 N–H and O–H groups in total. The molecule has 0 saturated carbocycles. The fraction of sp³-hybridized carbons (Fsp3) is 0.300. The van der Waals surface area contributed by atoms with E-state index in [9.17, 15) is 4.79 Å². The van der Waals surface area contributed by atoms with Crippen LogP contribution in [0.1, 0.15) is 6.92 Å². The molecular weight excluding hydrogens is 216 g/mol. The van der Waals surface area contributed by atoms with Gasteiger partial charge in [0.15, 0.2) is 0 Å². The molecule has 0 aromatic heterocycles. The van der Waals surface area contributed by atoms with Crippen molar-refractivity contribution in [3.63, 3.8) is 0 Å². The first-order chi connectivity index (χ1) is 7.04. The van der Waals surface area contributed by atoms with Crippen LogP contribution in [-0.2, 0) is 9.53 Å². The van der Waals surface area contributed by atoms with Crippen LogP contribution in [0, 0.1) is 0 Å². The van der Waals surface area contributed by atoms with Crippen LogP contribution in [0.25, 0.3) is 0 Å². The molecule has 0 bridgehead atoms. The van der Waals surface area contributed by atoms with E-state index in [4.69, 9.17) is 22.1 Å². The molecule has 0 spiro atoms. The molecule has 1 aromatic rings. The third kappa shape index (κ3) is 3.11. The third-order valence-corrected chi connectivity index (χ3v) is 2.30. The number of halogens is 1. The number of anilines is 2. The van der Waals surface area contributed by atoms with E-state index in [1.165, 1.54) is 7.11 Å². The number of ether oxygens (including phenoxy) is 1. The Morgan fingerprint density at radius 3 is 2.87 bits per heavy atom. The Morgan fingerprint density at radius 2 is 2.27 bits per heavy atom. The van der Waals surface area contributed by atoms with Crippen molar-refractivity contribution in [1.82, 2.24) is 0 Å². The van der Waals surface area contributed by atoms with Crippen molar-refractivity contribution in [3.8, 4) is 0 Å². The van der Waals surface area contributed by atoms with Gasteiger partial charge >= 0.3 is 0 Å². The zero-order chi connectivity index (χ0) is 11.4. The van der Waals surface area contributed by atoms with E-state index in [0.29, 0.717) is 16.4 Å². The number of carbonyl (C=O) groups is 1. The summed E-state index contributed by atoms with van der Waals surface area (Å²) in [6.45, 7) is 1.65. The lowest BCUT2D eigenvalue weighted by atomic mass is 10.2. The number of amides is 1. The third-order valence-electron chi connectivity index (χ3n) is 1.97. The second kappa shape index (κ2) is 5.00. The van der Waals surface area contributed by atoms with E-state index < -0.39 is 6.10 Å². The van der Waals surface area contributed by atoms with E-state index in [-0.39, 0.29) is 5.91 Å². The van der Waals surface area contributed by atoms with Crippen molar-refractivity contribution in [1.29, 1.82) is 0 Å². The fourth-order valence-corrected chi connectivity index (χ4v) is 1.14. The highest BCUT2D eigenvalue weighted by Crippen LogP contribution is 2.24. The second-order valence-corrected chi connectivity index (χ2v) is 3.51. The van der Waals surface area contributed by atoms with Gasteiger partial charge in [0, 0.05) is 12.8 Å². The van der Waals surface area contributed by atoms with E-state index in [1.54, 1.807) is 25.1 Å². The van der Waals surface area contributed by atoms with Gasteiger partial charge in [-0.25, -0.2) is 0 Å². The first-order valence-corrected chi connectivity index (χ1v) is 4.81. The number of benzene rings is 1. The number of hydrogen-bond donors (Lipinski definition) is 2. The molecule has 0 aliphatic heterocycles. The lowest BCUT2D eigenvalue weighted by molar-refractivity contribution is -0.124. The van der Waals surface area contributed by atoms with Crippen LogP contribution >= 0.6 is 11.6 Å². The minimum Gasteiger partial charge on any atom is -0.399 e. The van der Waals surface area contributed by atoms with Gasteiger partial charge in [0.1, 0.15) is 6.10 Å². The van der Waals surface area contributed by atoms with Crippen LogP contribution in [0.5, 0.6) is 0 Å². The molecule has 1 amide bonds. The summed E-state index contributed by atoms with van der Waals surface area (Å²) in [6, 6.07) is 4.89. The summed E-state index contributed by atoms with van der Waals surface area (Å²) >= 11 is 5.88. The first-order valence-electron chi connectivity index (χ1n) is 4.43. The highest BCUT2D eigenvalue weighted by Gasteiger charge is 2.13. The molecule has 0 radical (unpaired) electrons. The van der Waals surface area contributed by atoms with E-state index >= 15 is 0 Å². The topological polar surface area (TPSA) is 64.3 Å². The highest BCUT2D eigenvalue weighted by molar-refractivity contribution is 6.33. The molecule has 0 saturated heterocycles. The molecule has 1 unspecified atom stereocenters. The number of carbonyl (C=O) groups excluding carboxylic acids is 1. The van der Waals surface area contributed by atoms with Crippen molar-refractivity contribution >= 4 is 28.9 Å². The zero-order valence-corrected chi connectivity index (χ0v) is 9.34. The molecule has 0 aliphatic carbocycles. The maximum absolute atomic E-state index is 11.5. The van der Waals surface area contributed by atoms with Crippen LogP contribution in [-0.4, -0.2) is 19.1 Å². The minimum atomic E-state index is -0.525. The molecule has 4 nitrogen and oxygen atoms in total. The second-order valence-electron chi connectivity index (χ2n) is 3.11. The summed E-state index contributed by atoms with van der Waals surface area (Å²) in [6.07, 6.45) is -0.525. The lowest BCUT2D eigenvalue weighted by Crippen LogP contribution is -2.26. The Balaban J connectivity index is 2.80. The lowest BCUT2D eigenvalue weighted by Gasteiger charge is -2.11. The van der Waals surface area contributed by atoms with Gasteiger partial charge in [-0.3, -0.25) is 4.79 Å². The van der Waals surface area contributed by atoms with Gasteiger partial charge in [-0.15, -0.1) is 0 Å². The Morgan fingerprint density at radius 1 is 1.60 bits per heavy atom. The van der Waals surface area contributed by atoms with Crippen LogP contribution in [0.3, 0.4) is 0 Å². The number of rotatable bonds is 3. The SMILES string of the molecule is COC(C)C(=O)Nc1cc(N)ccc1Cl. The average molecular weight is 229 g/mol. The molecule has 15 heavy (non-hydrogen) atoms. The molecule has 0 aliphatic rings. The Bertz CT molecular complexity index is 368. The minimum absolute atomic E-state index is 0.259. The maximum atomic E-state index is 11.5. The van der Waals surface area contributed by atoms with Crippen molar-refractivity contribution in [2.75, 3.05) is 18.2 Å². The Hall–Kier alpha value is -1.26.